The van der Waals surface area contributed by atoms with Crippen LogP contribution in [0.1, 0.15) is 46.0 Å². The highest BCUT2D eigenvalue weighted by Crippen LogP contribution is 2.18. The topological polar surface area (TPSA) is 185 Å². The number of rotatable bonds is 11. The van der Waals surface area contributed by atoms with Gasteiger partial charge in [-0.05, 0) is 31.6 Å². The van der Waals surface area contributed by atoms with E-state index in [1.807, 2.05) is 13.8 Å². The molecule has 1 rings (SSSR count). The van der Waals surface area contributed by atoms with Gasteiger partial charge in [0.2, 0.25) is 23.6 Å². The lowest BCUT2D eigenvalue weighted by Crippen LogP contribution is -2.53. The largest absolute Gasteiger partial charge is 0.480 e. The van der Waals surface area contributed by atoms with Crippen molar-refractivity contribution in [3.8, 4) is 0 Å². The zero-order valence-electron chi connectivity index (χ0n) is 16.8. The number of nitrogens with zero attached hydrogens (tertiary/aromatic N) is 1. The van der Waals surface area contributed by atoms with Crippen molar-refractivity contribution in [2.45, 2.75) is 64.1 Å². The van der Waals surface area contributed by atoms with Crippen LogP contribution in [0.15, 0.2) is 0 Å². The summed E-state index contributed by atoms with van der Waals surface area (Å²) < 4.78 is 0. The Kier molecular flexibility index (Phi) is 9.53. The average Bonchev–Trinajstić information content (AvgIpc) is 3.12. The van der Waals surface area contributed by atoms with Gasteiger partial charge in [-0.15, -0.1) is 0 Å². The van der Waals surface area contributed by atoms with Crippen molar-refractivity contribution in [1.82, 2.24) is 15.5 Å². The Morgan fingerprint density at radius 2 is 1.86 bits per heavy atom. The Hall–Kier alpha value is -2.69. The molecule has 0 aromatic carbocycles. The second-order valence-electron chi connectivity index (χ2n) is 7.60. The number of carbonyl (C=O) groups is 5. The summed E-state index contributed by atoms with van der Waals surface area (Å²) >= 11 is 0. The average molecular weight is 413 g/mol. The number of aliphatic carboxylic acids is 1. The van der Waals surface area contributed by atoms with Gasteiger partial charge in [0.15, 0.2) is 0 Å². The summed E-state index contributed by atoms with van der Waals surface area (Å²) in [5.41, 5.74) is 10.6. The molecule has 29 heavy (non-hydrogen) atoms. The number of hydrogen-bond donors (Lipinski definition) is 5. The van der Waals surface area contributed by atoms with Gasteiger partial charge >= 0.3 is 5.97 Å². The monoisotopic (exact) mass is 413 g/mol. The molecule has 0 radical (unpaired) electrons. The predicted octanol–water partition coefficient (Wildman–Crippen LogP) is -1.70. The molecule has 0 aromatic rings. The normalized spacial score (nSPS) is 18.2. The molecular weight excluding hydrogens is 382 g/mol. The molecule has 4 amide bonds. The maximum atomic E-state index is 12.5. The molecule has 1 fully saturated rings. The lowest BCUT2D eigenvalue weighted by molar-refractivity contribution is -0.144. The van der Waals surface area contributed by atoms with Gasteiger partial charge in [-0.25, -0.2) is 4.79 Å². The molecule has 0 spiro atoms. The molecule has 0 bridgehead atoms. The smallest absolute Gasteiger partial charge is 0.326 e. The fourth-order valence-corrected chi connectivity index (χ4v) is 3.12. The van der Waals surface area contributed by atoms with Crippen LogP contribution in [0.4, 0.5) is 0 Å². The highest BCUT2D eigenvalue weighted by molar-refractivity contribution is 5.93. The van der Waals surface area contributed by atoms with Crippen LogP contribution in [0.5, 0.6) is 0 Å². The minimum absolute atomic E-state index is 0.0436. The summed E-state index contributed by atoms with van der Waals surface area (Å²) in [6, 6.07) is -2.78. The summed E-state index contributed by atoms with van der Waals surface area (Å²) in [4.78, 5) is 60.3. The Bertz CT molecular complexity index is 638. The SMILES string of the molecule is CC(C)CC(NC(=O)C1CCCN1C(=O)CNC(=O)C(N)CCC(N)=O)C(=O)O. The van der Waals surface area contributed by atoms with E-state index in [2.05, 4.69) is 10.6 Å². The Labute approximate surface area is 169 Å². The molecule has 3 atom stereocenters. The molecule has 1 saturated heterocycles. The van der Waals surface area contributed by atoms with Crippen molar-refractivity contribution in [3.05, 3.63) is 0 Å². The number of carboxylic acids is 1. The van der Waals surface area contributed by atoms with Crippen LogP contribution in [0, 0.1) is 5.92 Å². The Morgan fingerprint density at radius 1 is 1.21 bits per heavy atom. The quantitative estimate of drug-likeness (QED) is 0.267. The molecule has 0 aromatic heterocycles. The van der Waals surface area contributed by atoms with Crippen LogP contribution in [0.2, 0.25) is 0 Å². The molecule has 1 heterocycles. The third-order valence-corrected chi connectivity index (χ3v) is 4.65. The van der Waals surface area contributed by atoms with Crippen molar-refractivity contribution in [2.24, 2.45) is 17.4 Å². The second-order valence-corrected chi connectivity index (χ2v) is 7.60. The van der Waals surface area contributed by atoms with E-state index in [1.54, 1.807) is 0 Å². The summed E-state index contributed by atoms with van der Waals surface area (Å²) in [5, 5.41) is 14.2. The van der Waals surface area contributed by atoms with Crippen molar-refractivity contribution >= 4 is 29.6 Å². The van der Waals surface area contributed by atoms with E-state index in [1.165, 1.54) is 4.90 Å². The Balaban J connectivity index is 2.60. The maximum absolute atomic E-state index is 12.5. The zero-order valence-corrected chi connectivity index (χ0v) is 16.8. The predicted molar refractivity (Wildman–Crippen MR) is 103 cm³/mol. The number of likely N-dealkylation sites (tertiary alicyclic amines) is 1. The van der Waals surface area contributed by atoms with Crippen LogP contribution >= 0.6 is 0 Å². The van der Waals surface area contributed by atoms with Crippen LogP contribution in [-0.4, -0.2) is 70.8 Å². The number of amides is 4. The molecule has 11 nitrogen and oxygen atoms in total. The van der Waals surface area contributed by atoms with Gasteiger partial charge < -0.3 is 32.1 Å². The molecular formula is C18H31N5O6. The maximum Gasteiger partial charge on any atom is 0.326 e. The number of primary amides is 1. The van der Waals surface area contributed by atoms with E-state index < -0.39 is 47.7 Å². The van der Waals surface area contributed by atoms with E-state index in [9.17, 15) is 29.1 Å². The van der Waals surface area contributed by atoms with Gasteiger partial charge in [0.05, 0.1) is 12.6 Å². The summed E-state index contributed by atoms with van der Waals surface area (Å²) in [6.45, 7) is 3.69. The minimum Gasteiger partial charge on any atom is -0.480 e. The number of carbonyl (C=O) groups excluding carboxylic acids is 4. The molecule has 0 saturated carbocycles. The number of nitrogens with one attached hydrogen (secondary N) is 2. The molecule has 1 aliphatic heterocycles. The fraction of sp³-hybridized carbons (Fsp3) is 0.722. The number of nitrogens with two attached hydrogens (primary N) is 2. The van der Waals surface area contributed by atoms with Crippen LogP contribution < -0.4 is 22.1 Å². The lowest BCUT2D eigenvalue weighted by Gasteiger charge is -2.26. The van der Waals surface area contributed by atoms with Crippen LogP contribution in [0.3, 0.4) is 0 Å². The standard InChI is InChI=1S/C18H31N5O6/c1-10(2)8-12(18(28)29)22-17(27)13-4-3-7-23(13)15(25)9-21-16(26)11(19)5-6-14(20)24/h10-13H,3-9,19H2,1-2H3,(H2,20,24)(H,21,26)(H,22,27)(H,28,29). The number of carboxylic acid groups (broad SMARTS) is 1. The summed E-state index contributed by atoms with van der Waals surface area (Å²) in [6.07, 6.45) is 1.31. The molecule has 3 unspecified atom stereocenters. The second kappa shape index (κ2) is 11.3. The Morgan fingerprint density at radius 3 is 2.41 bits per heavy atom. The summed E-state index contributed by atoms with van der Waals surface area (Å²) in [7, 11) is 0. The molecule has 164 valence electrons. The van der Waals surface area contributed by atoms with Gasteiger partial charge in [0.25, 0.3) is 0 Å². The van der Waals surface area contributed by atoms with Crippen molar-refractivity contribution < 1.29 is 29.1 Å². The van der Waals surface area contributed by atoms with Gasteiger partial charge in [0, 0.05) is 13.0 Å². The molecule has 11 heteroatoms. The first kappa shape index (κ1) is 24.3. The van der Waals surface area contributed by atoms with E-state index in [4.69, 9.17) is 11.5 Å². The first-order valence-corrected chi connectivity index (χ1v) is 9.67. The van der Waals surface area contributed by atoms with Gasteiger partial charge in [-0.2, -0.15) is 0 Å². The fourth-order valence-electron chi connectivity index (χ4n) is 3.12. The number of hydrogen-bond acceptors (Lipinski definition) is 6. The highest BCUT2D eigenvalue weighted by Gasteiger charge is 2.36. The van der Waals surface area contributed by atoms with E-state index in [0.717, 1.165) is 0 Å². The zero-order chi connectivity index (χ0) is 22.1. The van der Waals surface area contributed by atoms with Gasteiger partial charge in [-0.3, -0.25) is 19.2 Å². The van der Waals surface area contributed by atoms with Crippen molar-refractivity contribution in [1.29, 1.82) is 0 Å². The third-order valence-electron chi connectivity index (χ3n) is 4.65. The third kappa shape index (κ3) is 8.06. The van der Waals surface area contributed by atoms with E-state index >= 15 is 0 Å². The van der Waals surface area contributed by atoms with Gasteiger partial charge in [-0.1, -0.05) is 13.8 Å². The van der Waals surface area contributed by atoms with Crippen LogP contribution in [0.25, 0.3) is 0 Å². The van der Waals surface area contributed by atoms with Crippen LogP contribution in [-0.2, 0) is 24.0 Å². The van der Waals surface area contributed by atoms with Gasteiger partial charge in [0.1, 0.15) is 12.1 Å². The molecule has 0 aliphatic carbocycles. The lowest BCUT2D eigenvalue weighted by atomic mass is 10.0. The first-order valence-electron chi connectivity index (χ1n) is 9.67. The molecule has 1 aliphatic rings. The van der Waals surface area contributed by atoms with Crippen molar-refractivity contribution in [2.75, 3.05) is 13.1 Å². The molecule has 7 N–H and O–H groups in total. The summed E-state index contributed by atoms with van der Waals surface area (Å²) in [5.74, 6) is -3.20. The van der Waals surface area contributed by atoms with E-state index in [-0.39, 0.29) is 31.7 Å². The highest BCUT2D eigenvalue weighted by atomic mass is 16.4. The van der Waals surface area contributed by atoms with Crippen molar-refractivity contribution in [3.63, 3.8) is 0 Å². The minimum atomic E-state index is -1.12. The van der Waals surface area contributed by atoms with E-state index in [0.29, 0.717) is 19.4 Å². The first-order chi connectivity index (χ1) is 13.5.